The van der Waals surface area contributed by atoms with Gasteiger partial charge in [0, 0.05) is 18.7 Å². The predicted octanol–water partition coefficient (Wildman–Crippen LogP) is 2.36. The molecule has 0 saturated heterocycles. The monoisotopic (exact) mass is 214 g/mol. The Morgan fingerprint density at radius 2 is 2.19 bits per heavy atom. The molecule has 1 aliphatic heterocycles. The zero-order chi connectivity index (χ0) is 11.4. The molecule has 0 bridgehead atoms. The van der Waals surface area contributed by atoms with Crippen molar-refractivity contribution in [2.75, 3.05) is 25.1 Å². The second kappa shape index (κ2) is 4.71. The Labute approximate surface area is 95.6 Å². The minimum absolute atomic E-state index is 0.781. The van der Waals surface area contributed by atoms with Crippen LogP contribution in [0.1, 0.15) is 6.42 Å². The van der Waals surface area contributed by atoms with Gasteiger partial charge in [-0.1, -0.05) is 18.2 Å². The zero-order valence-electron chi connectivity index (χ0n) is 9.31. The third kappa shape index (κ3) is 2.01. The second-order valence-corrected chi connectivity index (χ2v) is 3.71. The number of benzene rings is 1. The van der Waals surface area contributed by atoms with E-state index in [4.69, 9.17) is 10.00 Å². The maximum atomic E-state index is 8.79. The highest BCUT2D eigenvalue weighted by atomic mass is 16.5. The van der Waals surface area contributed by atoms with Gasteiger partial charge in [0.2, 0.25) is 0 Å². The molecule has 16 heavy (non-hydrogen) atoms. The van der Waals surface area contributed by atoms with Crippen molar-refractivity contribution >= 4 is 5.69 Å². The number of anilines is 1. The first-order valence-electron chi connectivity index (χ1n) is 5.32. The molecule has 0 aromatic heterocycles. The Hall–Kier alpha value is -1.95. The first kappa shape index (κ1) is 10.6. The molecular formula is C13H14N2O. The standard InChI is InChI=1S/C13H14N2O/c1-16-13-5-3-2-4-12(13)15-8-6-11(10-14)7-9-15/h2-6H,7-9H2,1H3. The van der Waals surface area contributed by atoms with Crippen LogP contribution in [0.2, 0.25) is 0 Å². The van der Waals surface area contributed by atoms with Gasteiger partial charge in [-0.05, 0) is 18.6 Å². The molecule has 1 aromatic rings. The van der Waals surface area contributed by atoms with Crippen molar-refractivity contribution in [2.24, 2.45) is 0 Å². The Balaban J connectivity index is 2.21. The topological polar surface area (TPSA) is 36.3 Å². The fourth-order valence-corrected chi connectivity index (χ4v) is 1.88. The molecule has 0 aliphatic carbocycles. The van der Waals surface area contributed by atoms with Crippen LogP contribution in [0.15, 0.2) is 35.9 Å². The normalized spacial score (nSPS) is 15.2. The molecule has 0 fully saturated rings. The average Bonchev–Trinajstić information content (AvgIpc) is 2.39. The Morgan fingerprint density at radius 1 is 1.38 bits per heavy atom. The molecular weight excluding hydrogens is 200 g/mol. The lowest BCUT2D eigenvalue weighted by Gasteiger charge is -2.28. The number of nitriles is 1. The summed E-state index contributed by atoms with van der Waals surface area (Å²) in [6, 6.07) is 10.2. The van der Waals surface area contributed by atoms with Crippen LogP contribution in [0, 0.1) is 11.3 Å². The van der Waals surface area contributed by atoms with Crippen molar-refractivity contribution in [1.29, 1.82) is 5.26 Å². The summed E-state index contributed by atoms with van der Waals surface area (Å²) in [5, 5.41) is 8.79. The molecule has 0 saturated carbocycles. The molecule has 0 spiro atoms. The fraction of sp³-hybridized carbons (Fsp3) is 0.308. The van der Waals surface area contributed by atoms with Gasteiger partial charge >= 0.3 is 0 Å². The largest absolute Gasteiger partial charge is 0.495 e. The molecule has 3 heteroatoms. The summed E-state index contributed by atoms with van der Waals surface area (Å²) in [6.45, 7) is 1.66. The maximum absolute atomic E-state index is 8.79. The van der Waals surface area contributed by atoms with Gasteiger partial charge in [-0.3, -0.25) is 0 Å². The Bertz CT molecular complexity index is 445. The Kier molecular flexibility index (Phi) is 3.11. The van der Waals surface area contributed by atoms with E-state index in [-0.39, 0.29) is 0 Å². The first-order valence-corrected chi connectivity index (χ1v) is 5.32. The summed E-state index contributed by atoms with van der Waals surface area (Å²) in [4.78, 5) is 2.22. The van der Waals surface area contributed by atoms with E-state index in [0.29, 0.717) is 0 Å². The predicted molar refractivity (Wildman–Crippen MR) is 63.5 cm³/mol. The summed E-state index contributed by atoms with van der Waals surface area (Å²) in [5.74, 6) is 0.885. The van der Waals surface area contributed by atoms with E-state index in [9.17, 15) is 0 Å². The van der Waals surface area contributed by atoms with Gasteiger partial charge in [-0.25, -0.2) is 0 Å². The van der Waals surface area contributed by atoms with E-state index < -0.39 is 0 Å². The molecule has 3 nitrogen and oxygen atoms in total. The number of nitrogens with zero attached hydrogens (tertiary/aromatic N) is 2. The van der Waals surface area contributed by atoms with Crippen LogP contribution in [-0.4, -0.2) is 20.2 Å². The van der Waals surface area contributed by atoms with Gasteiger partial charge in [0.05, 0.1) is 18.9 Å². The number of rotatable bonds is 2. The van der Waals surface area contributed by atoms with E-state index in [2.05, 4.69) is 11.0 Å². The van der Waals surface area contributed by atoms with Crippen molar-refractivity contribution in [3.8, 4) is 11.8 Å². The SMILES string of the molecule is COc1ccccc1N1CC=C(C#N)CC1. The molecule has 1 aliphatic rings. The smallest absolute Gasteiger partial charge is 0.142 e. The van der Waals surface area contributed by atoms with Gasteiger partial charge in [0.15, 0.2) is 0 Å². The molecule has 0 N–H and O–H groups in total. The van der Waals surface area contributed by atoms with E-state index in [0.717, 1.165) is 36.5 Å². The summed E-state index contributed by atoms with van der Waals surface area (Å²) in [5.41, 5.74) is 1.98. The molecule has 2 rings (SSSR count). The van der Waals surface area contributed by atoms with Crippen molar-refractivity contribution < 1.29 is 4.74 Å². The minimum atomic E-state index is 0.781. The molecule has 1 aromatic carbocycles. The van der Waals surface area contributed by atoms with Crippen LogP contribution < -0.4 is 9.64 Å². The van der Waals surface area contributed by atoms with Gasteiger partial charge in [0.25, 0.3) is 0 Å². The maximum Gasteiger partial charge on any atom is 0.142 e. The van der Waals surface area contributed by atoms with E-state index in [1.165, 1.54) is 0 Å². The van der Waals surface area contributed by atoms with Crippen LogP contribution in [0.25, 0.3) is 0 Å². The van der Waals surface area contributed by atoms with Crippen LogP contribution in [0.4, 0.5) is 5.69 Å². The third-order valence-corrected chi connectivity index (χ3v) is 2.78. The number of hydrogen-bond acceptors (Lipinski definition) is 3. The molecule has 0 unspecified atom stereocenters. The summed E-state index contributed by atoms with van der Waals surface area (Å²) in [6.07, 6.45) is 2.80. The molecule has 0 amide bonds. The molecule has 0 radical (unpaired) electrons. The van der Waals surface area contributed by atoms with Crippen LogP contribution in [0.3, 0.4) is 0 Å². The summed E-state index contributed by atoms with van der Waals surface area (Å²) < 4.78 is 5.32. The van der Waals surface area contributed by atoms with Gasteiger partial charge in [-0.2, -0.15) is 5.26 Å². The molecule has 1 heterocycles. The molecule has 0 atom stereocenters. The van der Waals surface area contributed by atoms with Crippen molar-refractivity contribution in [3.05, 3.63) is 35.9 Å². The number of hydrogen-bond donors (Lipinski definition) is 0. The highest BCUT2D eigenvalue weighted by Crippen LogP contribution is 2.29. The van der Waals surface area contributed by atoms with E-state index in [1.807, 2.05) is 30.3 Å². The average molecular weight is 214 g/mol. The number of methoxy groups -OCH3 is 1. The van der Waals surface area contributed by atoms with Crippen LogP contribution >= 0.6 is 0 Å². The van der Waals surface area contributed by atoms with Gasteiger partial charge in [0.1, 0.15) is 5.75 Å². The van der Waals surface area contributed by atoms with Crippen molar-refractivity contribution in [3.63, 3.8) is 0 Å². The number of ether oxygens (including phenoxy) is 1. The Morgan fingerprint density at radius 3 is 2.81 bits per heavy atom. The van der Waals surface area contributed by atoms with Crippen molar-refractivity contribution in [1.82, 2.24) is 0 Å². The second-order valence-electron chi connectivity index (χ2n) is 3.71. The van der Waals surface area contributed by atoms with Crippen molar-refractivity contribution in [2.45, 2.75) is 6.42 Å². The minimum Gasteiger partial charge on any atom is -0.495 e. The highest BCUT2D eigenvalue weighted by molar-refractivity contribution is 5.59. The zero-order valence-corrected chi connectivity index (χ0v) is 9.31. The van der Waals surface area contributed by atoms with Gasteiger partial charge in [-0.15, -0.1) is 0 Å². The van der Waals surface area contributed by atoms with Crippen LogP contribution in [-0.2, 0) is 0 Å². The number of para-hydroxylation sites is 2. The molecule has 82 valence electrons. The highest BCUT2D eigenvalue weighted by Gasteiger charge is 2.14. The lowest BCUT2D eigenvalue weighted by molar-refractivity contribution is 0.414. The summed E-state index contributed by atoms with van der Waals surface area (Å²) in [7, 11) is 1.68. The summed E-state index contributed by atoms with van der Waals surface area (Å²) >= 11 is 0. The van der Waals surface area contributed by atoms with E-state index >= 15 is 0 Å². The van der Waals surface area contributed by atoms with Gasteiger partial charge < -0.3 is 9.64 Å². The quantitative estimate of drug-likeness (QED) is 0.758. The lowest BCUT2D eigenvalue weighted by atomic mass is 10.1. The third-order valence-electron chi connectivity index (χ3n) is 2.78. The lowest BCUT2D eigenvalue weighted by Crippen LogP contribution is -2.28. The fourth-order valence-electron chi connectivity index (χ4n) is 1.88. The van der Waals surface area contributed by atoms with E-state index in [1.54, 1.807) is 7.11 Å². The van der Waals surface area contributed by atoms with Crippen LogP contribution in [0.5, 0.6) is 5.75 Å². The first-order chi connectivity index (χ1) is 7.85.